The van der Waals surface area contributed by atoms with E-state index in [1.54, 1.807) is 0 Å². The number of carbonyl (C=O) groups is 2. The molecule has 3 heteroatoms. The summed E-state index contributed by atoms with van der Waals surface area (Å²) < 4.78 is 5.03. The molecule has 0 rings (SSSR count). The maximum absolute atomic E-state index is 12.0. The average molecular weight is 607 g/mol. The van der Waals surface area contributed by atoms with E-state index < -0.39 is 0 Å². The van der Waals surface area contributed by atoms with Crippen LogP contribution < -0.4 is 0 Å². The molecule has 0 aromatic rings. The quantitative estimate of drug-likeness (QED) is 0.0409. The van der Waals surface area contributed by atoms with Gasteiger partial charge in [-0.2, -0.15) is 0 Å². The van der Waals surface area contributed by atoms with Gasteiger partial charge >= 0.3 is 11.9 Å². The first-order valence-electron chi connectivity index (χ1n) is 19.8. The maximum Gasteiger partial charge on any atom is 0.313 e. The van der Waals surface area contributed by atoms with Crippen molar-refractivity contribution in [3.05, 3.63) is 0 Å². The van der Waals surface area contributed by atoms with E-state index in [1.165, 1.54) is 180 Å². The molecule has 0 bridgehead atoms. The van der Waals surface area contributed by atoms with Gasteiger partial charge in [0.15, 0.2) is 0 Å². The standard InChI is InChI=1S/C40H78O3/c1-4-5-6-7-8-9-10-11-12-13-14-18-21-24-27-30-33-36-39(41)43-40(42)37-34-31-28-25-22-19-16-15-17-20-23-26-29-32-35-38(2)3/h38H,4-37H2,1-3H3. The van der Waals surface area contributed by atoms with E-state index in [9.17, 15) is 9.59 Å². The summed E-state index contributed by atoms with van der Waals surface area (Å²) in [5.41, 5.74) is 0. The summed E-state index contributed by atoms with van der Waals surface area (Å²) in [6.45, 7) is 6.93. The summed E-state index contributed by atoms with van der Waals surface area (Å²) in [6.07, 6.45) is 43.1. The summed E-state index contributed by atoms with van der Waals surface area (Å²) >= 11 is 0. The number of ether oxygens (including phenoxy) is 1. The highest BCUT2D eigenvalue weighted by molar-refractivity contribution is 5.85. The lowest BCUT2D eigenvalue weighted by atomic mass is 10.0. The summed E-state index contributed by atoms with van der Waals surface area (Å²) in [5.74, 6) is 0.217. The second-order valence-corrected chi connectivity index (χ2v) is 14.1. The van der Waals surface area contributed by atoms with Gasteiger partial charge in [0.2, 0.25) is 0 Å². The number of unbranched alkanes of at least 4 members (excludes halogenated alkanes) is 29. The van der Waals surface area contributed by atoms with Crippen LogP contribution in [-0.4, -0.2) is 11.9 Å². The Morgan fingerprint density at radius 1 is 0.372 bits per heavy atom. The van der Waals surface area contributed by atoms with Crippen LogP contribution >= 0.6 is 0 Å². The van der Waals surface area contributed by atoms with Crippen molar-refractivity contribution >= 4 is 11.9 Å². The summed E-state index contributed by atoms with van der Waals surface area (Å²) in [5, 5.41) is 0. The van der Waals surface area contributed by atoms with E-state index in [4.69, 9.17) is 4.74 Å². The van der Waals surface area contributed by atoms with Gasteiger partial charge in [-0.3, -0.25) is 9.59 Å². The molecule has 0 N–H and O–H groups in total. The summed E-state index contributed by atoms with van der Waals surface area (Å²) in [6, 6.07) is 0. The van der Waals surface area contributed by atoms with Crippen LogP contribution in [0.3, 0.4) is 0 Å². The first-order chi connectivity index (χ1) is 21.1. The Morgan fingerprint density at radius 2 is 0.605 bits per heavy atom. The molecule has 3 nitrogen and oxygen atoms in total. The lowest BCUT2D eigenvalue weighted by Gasteiger charge is -2.05. The van der Waals surface area contributed by atoms with Crippen molar-refractivity contribution in [2.75, 3.05) is 0 Å². The van der Waals surface area contributed by atoms with Crippen molar-refractivity contribution in [1.82, 2.24) is 0 Å². The third kappa shape index (κ3) is 37.2. The Bertz CT molecular complexity index is 570. The van der Waals surface area contributed by atoms with Crippen LogP contribution in [-0.2, 0) is 14.3 Å². The molecule has 0 unspecified atom stereocenters. The van der Waals surface area contributed by atoms with E-state index >= 15 is 0 Å². The Hall–Kier alpha value is -0.860. The number of carbonyl (C=O) groups excluding carboxylic acids is 2. The van der Waals surface area contributed by atoms with E-state index in [0.717, 1.165) is 31.6 Å². The monoisotopic (exact) mass is 607 g/mol. The fourth-order valence-corrected chi connectivity index (χ4v) is 6.17. The second kappa shape index (κ2) is 35.6. The molecule has 0 radical (unpaired) electrons. The van der Waals surface area contributed by atoms with Gasteiger partial charge in [-0.25, -0.2) is 0 Å². The molecule has 256 valence electrons. The van der Waals surface area contributed by atoms with Gasteiger partial charge in [-0.15, -0.1) is 0 Å². The van der Waals surface area contributed by atoms with Crippen molar-refractivity contribution in [3.8, 4) is 0 Å². The minimum absolute atomic E-state index is 0.322. The third-order valence-electron chi connectivity index (χ3n) is 9.12. The lowest BCUT2D eigenvalue weighted by molar-refractivity contribution is -0.159. The Kier molecular flexibility index (Phi) is 34.9. The zero-order chi connectivity index (χ0) is 31.5. The molecule has 0 spiro atoms. The highest BCUT2D eigenvalue weighted by atomic mass is 16.6. The minimum atomic E-state index is -0.322. The number of hydrogen-bond acceptors (Lipinski definition) is 3. The van der Waals surface area contributed by atoms with Gasteiger partial charge in [-0.05, 0) is 18.8 Å². The summed E-state index contributed by atoms with van der Waals surface area (Å²) in [4.78, 5) is 23.9. The van der Waals surface area contributed by atoms with Crippen LogP contribution in [0, 0.1) is 5.92 Å². The van der Waals surface area contributed by atoms with Gasteiger partial charge in [0.1, 0.15) is 0 Å². The highest BCUT2D eigenvalue weighted by Crippen LogP contribution is 2.16. The second-order valence-electron chi connectivity index (χ2n) is 14.1. The molecule has 43 heavy (non-hydrogen) atoms. The maximum atomic E-state index is 12.0. The fourth-order valence-electron chi connectivity index (χ4n) is 6.17. The first kappa shape index (κ1) is 42.1. The smallest absolute Gasteiger partial charge is 0.313 e. The van der Waals surface area contributed by atoms with E-state index in [1.807, 2.05) is 0 Å². The van der Waals surface area contributed by atoms with Crippen molar-refractivity contribution in [2.24, 2.45) is 5.92 Å². The Morgan fingerprint density at radius 3 is 0.860 bits per heavy atom. The van der Waals surface area contributed by atoms with Crippen molar-refractivity contribution in [2.45, 2.75) is 239 Å². The van der Waals surface area contributed by atoms with E-state index in [2.05, 4.69) is 20.8 Å². The molecule has 0 saturated carbocycles. The number of rotatable bonds is 35. The van der Waals surface area contributed by atoms with Crippen molar-refractivity contribution < 1.29 is 14.3 Å². The molecule has 0 aromatic carbocycles. The summed E-state index contributed by atoms with van der Waals surface area (Å²) in [7, 11) is 0. The molecule has 0 aliphatic carbocycles. The van der Waals surface area contributed by atoms with Crippen LogP contribution in [0.25, 0.3) is 0 Å². The average Bonchev–Trinajstić information content (AvgIpc) is 2.98. The Labute approximate surface area is 270 Å². The van der Waals surface area contributed by atoms with E-state index in [0.29, 0.717) is 12.8 Å². The lowest BCUT2D eigenvalue weighted by Crippen LogP contribution is -2.11. The normalized spacial score (nSPS) is 11.4. The molecule has 0 aliphatic heterocycles. The van der Waals surface area contributed by atoms with Gasteiger partial charge in [-0.1, -0.05) is 213 Å². The molecular formula is C40H78O3. The fraction of sp³-hybridized carbons (Fsp3) is 0.950. The number of hydrogen-bond donors (Lipinski definition) is 0. The van der Waals surface area contributed by atoms with Crippen molar-refractivity contribution in [1.29, 1.82) is 0 Å². The van der Waals surface area contributed by atoms with Crippen LogP contribution in [0.1, 0.15) is 239 Å². The van der Waals surface area contributed by atoms with E-state index in [-0.39, 0.29) is 11.9 Å². The van der Waals surface area contributed by atoms with Crippen molar-refractivity contribution in [3.63, 3.8) is 0 Å². The predicted octanol–water partition coefficient (Wildman–Crippen LogP) is 14.0. The molecule has 0 aliphatic rings. The van der Waals surface area contributed by atoms with Crippen LogP contribution in [0.4, 0.5) is 0 Å². The van der Waals surface area contributed by atoms with Crippen LogP contribution in [0.2, 0.25) is 0 Å². The zero-order valence-corrected chi connectivity index (χ0v) is 29.8. The predicted molar refractivity (Wildman–Crippen MR) is 189 cm³/mol. The minimum Gasteiger partial charge on any atom is -0.393 e. The van der Waals surface area contributed by atoms with Gasteiger partial charge in [0.25, 0.3) is 0 Å². The SMILES string of the molecule is CCCCCCCCCCCCCCCCCCCC(=O)OC(=O)CCCCCCCCCCCCCCCCC(C)C. The molecule has 0 aromatic heterocycles. The van der Waals surface area contributed by atoms with Gasteiger partial charge < -0.3 is 4.74 Å². The zero-order valence-electron chi connectivity index (χ0n) is 29.8. The molecule has 0 amide bonds. The third-order valence-corrected chi connectivity index (χ3v) is 9.12. The largest absolute Gasteiger partial charge is 0.393 e. The molecular weight excluding hydrogens is 528 g/mol. The van der Waals surface area contributed by atoms with Gasteiger partial charge in [0.05, 0.1) is 0 Å². The molecule has 0 saturated heterocycles. The van der Waals surface area contributed by atoms with Crippen LogP contribution in [0.5, 0.6) is 0 Å². The van der Waals surface area contributed by atoms with Crippen LogP contribution in [0.15, 0.2) is 0 Å². The highest BCUT2D eigenvalue weighted by Gasteiger charge is 2.10. The molecule has 0 fully saturated rings. The first-order valence-corrected chi connectivity index (χ1v) is 19.8. The Balaban J connectivity index is 3.27. The molecule has 0 atom stereocenters. The molecule has 0 heterocycles. The number of esters is 2. The van der Waals surface area contributed by atoms with Gasteiger partial charge in [0, 0.05) is 12.8 Å². The topological polar surface area (TPSA) is 43.4 Å².